The number of carbonyl (C=O) groups is 2. The van der Waals surface area contributed by atoms with Gasteiger partial charge in [0, 0.05) is 32.2 Å². The fourth-order valence-corrected chi connectivity index (χ4v) is 5.55. The molecule has 0 aliphatic carbocycles. The van der Waals surface area contributed by atoms with E-state index < -0.39 is 22.0 Å². The number of rotatable bonds is 7. The van der Waals surface area contributed by atoms with Gasteiger partial charge in [0.2, 0.25) is 10.0 Å². The van der Waals surface area contributed by atoms with Crippen LogP contribution in [0.5, 0.6) is 0 Å². The lowest BCUT2D eigenvalue weighted by Gasteiger charge is -2.34. The van der Waals surface area contributed by atoms with Gasteiger partial charge < -0.3 is 9.64 Å². The summed E-state index contributed by atoms with van der Waals surface area (Å²) in [6.45, 7) is 0.626. The van der Waals surface area contributed by atoms with E-state index in [1.165, 1.54) is 9.21 Å². The Bertz CT molecular complexity index is 1060. The van der Waals surface area contributed by atoms with Gasteiger partial charge in [-0.1, -0.05) is 60.7 Å². The number of hydrogen-bond acceptors (Lipinski definition) is 7. The molecule has 4 rings (SSSR count). The molecule has 10 heteroatoms. The quantitative estimate of drug-likeness (QED) is 0.574. The third-order valence-electron chi connectivity index (χ3n) is 5.90. The molecule has 2 unspecified atom stereocenters. The zero-order chi connectivity index (χ0) is 23.3. The lowest BCUT2D eigenvalue weighted by atomic mass is 10.0. The second kappa shape index (κ2) is 10.4. The predicted octanol–water partition coefficient (Wildman–Crippen LogP) is 0.812. The van der Waals surface area contributed by atoms with Crippen molar-refractivity contribution in [3.05, 3.63) is 71.8 Å². The van der Waals surface area contributed by atoms with Crippen LogP contribution in [-0.2, 0) is 30.1 Å². The van der Waals surface area contributed by atoms with Gasteiger partial charge in [-0.15, -0.1) is 0 Å². The van der Waals surface area contributed by atoms with E-state index in [0.29, 0.717) is 6.42 Å². The number of esters is 1. The van der Waals surface area contributed by atoms with Crippen LogP contribution in [0, 0.1) is 0 Å². The fourth-order valence-electron chi connectivity index (χ4n) is 4.03. The van der Waals surface area contributed by atoms with Crippen LogP contribution in [0.1, 0.15) is 23.6 Å². The average molecular weight is 473 g/mol. The molecule has 2 heterocycles. The highest BCUT2D eigenvalue weighted by Crippen LogP contribution is 2.22. The standard InChI is InChI=1S/C23H28N4O5S/c28-22(16-32-23(29)21-15-20(24-25-21)19-9-5-2-6-10-19)26-11-13-27(14-12-26)33(30,31)17-18-7-3-1-4-8-18/h1-10,20-21,24-25H,11-17H2. The normalized spacial score (nSPS) is 21.6. The number of hydrogen-bond donors (Lipinski definition) is 2. The Morgan fingerprint density at radius 2 is 1.55 bits per heavy atom. The van der Waals surface area contributed by atoms with Crippen molar-refractivity contribution < 1.29 is 22.7 Å². The fraction of sp³-hybridized carbons (Fsp3) is 0.391. The molecule has 0 aromatic heterocycles. The lowest BCUT2D eigenvalue weighted by molar-refractivity contribution is -0.154. The number of nitrogens with zero attached hydrogens (tertiary/aromatic N) is 2. The Labute approximate surface area is 193 Å². The van der Waals surface area contributed by atoms with Crippen LogP contribution in [-0.4, -0.2) is 68.3 Å². The van der Waals surface area contributed by atoms with Crippen molar-refractivity contribution in [3.8, 4) is 0 Å². The first-order chi connectivity index (χ1) is 15.9. The monoisotopic (exact) mass is 472 g/mol. The van der Waals surface area contributed by atoms with Crippen LogP contribution in [0.25, 0.3) is 0 Å². The average Bonchev–Trinajstić information content (AvgIpc) is 3.34. The van der Waals surface area contributed by atoms with E-state index in [1.807, 2.05) is 48.5 Å². The van der Waals surface area contributed by atoms with Gasteiger partial charge in [0.15, 0.2) is 6.61 Å². The number of nitrogens with one attached hydrogen (secondary N) is 2. The molecule has 176 valence electrons. The van der Waals surface area contributed by atoms with Gasteiger partial charge in [-0.25, -0.2) is 19.3 Å². The maximum Gasteiger partial charge on any atom is 0.325 e. The Balaban J connectivity index is 1.21. The summed E-state index contributed by atoms with van der Waals surface area (Å²) in [5.41, 5.74) is 7.81. The van der Waals surface area contributed by atoms with E-state index >= 15 is 0 Å². The van der Waals surface area contributed by atoms with Crippen LogP contribution in [0.15, 0.2) is 60.7 Å². The van der Waals surface area contributed by atoms with Gasteiger partial charge in [-0.3, -0.25) is 9.59 Å². The lowest BCUT2D eigenvalue weighted by Crippen LogP contribution is -2.51. The zero-order valence-corrected chi connectivity index (χ0v) is 19.0. The topological polar surface area (TPSA) is 108 Å². The number of benzene rings is 2. The van der Waals surface area contributed by atoms with E-state index in [-0.39, 0.29) is 50.5 Å². The third kappa shape index (κ3) is 5.97. The Morgan fingerprint density at radius 3 is 2.21 bits per heavy atom. The van der Waals surface area contributed by atoms with E-state index in [4.69, 9.17) is 4.74 Å². The molecule has 2 saturated heterocycles. The Kier molecular flexibility index (Phi) is 7.39. The minimum absolute atomic E-state index is 0.00892. The van der Waals surface area contributed by atoms with Gasteiger partial charge in [0.25, 0.3) is 5.91 Å². The van der Waals surface area contributed by atoms with Gasteiger partial charge >= 0.3 is 5.97 Å². The Morgan fingerprint density at radius 1 is 0.909 bits per heavy atom. The maximum atomic E-state index is 12.7. The highest BCUT2D eigenvalue weighted by atomic mass is 32.2. The van der Waals surface area contributed by atoms with Crippen LogP contribution < -0.4 is 10.9 Å². The Hall–Kier alpha value is -2.79. The smallest absolute Gasteiger partial charge is 0.325 e. The van der Waals surface area contributed by atoms with Crippen molar-refractivity contribution in [1.29, 1.82) is 0 Å². The third-order valence-corrected chi connectivity index (χ3v) is 7.75. The largest absolute Gasteiger partial charge is 0.454 e. The van der Waals surface area contributed by atoms with E-state index in [9.17, 15) is 18.0 Å². The van der Waals surface area contributed by atoms with E-state index in [0.717, 1.165) is 11.1 Å². The van der Waals surface area contributed by atoms with E-state index in [2.05, 4.69) is 10.9 Å². The first-order valence-corrected chi connectivity index (χ1v) is 12.6. The molecule has 1 amide bonds. The molecule has 2 aromatic carbocycles. The van der Waals surface area contributed by atoms with Crippen LogP contribution in [0.2, 0.25) is 0 Å². The molecule has 2 aliphatic rings. The summed E-state index contributed by atoms with van der Waals surface area (Å²) >= 11 is 0. The van der Waals surface area contributed by atoms with Gasteiger partial charge in [-0.05, 0) is 17.5 Å². The maximum absolute atomic E-state index is 12.7. The molecule has 2 atom stereocenters. The zero-order valence-electron chi connectivity index (χ0n) is 18.2. The molecule has 2 aliphatic heterocycles. The number of piperazine rings is 1. The molecule has 0 spiro atoms. The van der Waals surface area contributed by atoms with Gasteiger partial charge in [0.1, 0.15) is 6.04 Å². The molecule has 0 saturated carbocycles. The number of hydrazine groups is 1. The van der Waals surface area contributed by atoms with Crippen molar-refractivity contribution in [2.75, 3.05) is 32.8 Å². The summed E-state index contributed by atoms with van der Waals surface area (Å²) in [7, 11) is -3.46. The molecule has 2 N–H and O–H groups in total. The number of carbonyl (C=O) groups excluding carboxylic acids is 2. The van der Waals surface area contributed by atoms with Gasteiger partial charge in [0.05, 0.1) is 5.75 Å². The first kappa shape index (κ1) is 23.4. The number of amides is 1. The van der Waals surface area contributed by atoms with Crippen LogP contribution in [0.3, 0.4) is 0 Å². The first-order valence-electron chi connectivity index (χ1n) is 10.9. The van der Waals surface area contributed by atoms with Crippen molar-refractivity contribution in [2.24, 2.45) is 0 Å². The molecular weight excluding hydrogens is 444 g/mol. The minimum atomic E-state index is -3.46. The second-order valence-electron chi connectivity index (χ2n) is 8.17. The van der Waals surface area contributed by atoms with Gasteiger partial charge in [-0.2, -0.15) is 4.31 Å². The summed E-state index contributed by atoms with van der Waals surface area (Å²) in [6.07, 6.45) is 0.523. The number of sulfonamides is 1. The minimum Gasteiger partial charge on any atom is -0.454 e. The van der Waals surface area contributed by atoms with Crippen molar-refractivity contribution in [3.63, 3.8) is 0 Å². The van der Waals surface area contributed by atoms with Crippen molar-refractivity contribution >= 4 is 21.9 Å². The molecular formula is C23H28N4O5S. The summed E-state index contributed by atoms with van der Waals surface area (Å²) in [6, 6.07) is 18.2. The van der Waals surface area contributed by atoms with Crippen molar-refractivity contribution in [1.82, 2.24) is 20.1 Å². The highest BCUT2D eigenvalue weighted by molar-refractivity contribution is 7.88. The van der Waals surface area contributed by atoms with E-state index in [1.54, 1.807) is 12.1 Å². The summed E-state index contributed by atoms with van der Waals surface area (Å²) in [5.74, 6) is -0.876. The molecule has 2 fully saturated rings. The highest BCUT2D eigenvalue weighted by Gasteiger charge is 2.33. The van der Waals surface area contributed by atoms with Crippen molar-refractivity contribution in [2.45, 2.75) is 24.3 Å². The summed E-state index contributed by atoms with van der Waals surface area (Å²) in [4.78, 5) is 26.4. The molecule has 33 heavy (non-hydrogen) atoms. The predicted molar refractivity (Wildman–Crippen MR) is 122 cm³/mol. The molecule has 2 aromatic rings. The SMILES string of the molecule is O=C(OCC(=O)N1CCN(S(=O)(=O)Cc2ccccc2)CC1)C1CC(c2ccccc2)NN1. The molecule has 0 bridgehead atoms. The molecule has 9 nitrogen and oxygen atoms in total. The second-order valence-corrected chi connectivity index (χ2v) is 10.1. The van der Waals surface area contributed by atoms with Crippen LogP contribution >= 0.6 is 0 Å². The summed E-state index contributed by atoms with van der Waals surface area (Å²) < 4.78 is 32.0. The molecule has 0 radical (unpaired) electrons. The summed E-state index contributed by atoms with van der Waals surface area (Å²) in [5, 5.41) is 0. The number of ether oxygens (including phenoxy) is 1. The van der Waals surface area contributed by atoms with Crippen LogP contribution in [0.4, 0.5) is 0 Å².